The van der Waals surface area contributed by atoms with Gasteiger partial charge in [-0.25, -0.2) is 0 Å². The molecule has 0 aromatic carbocycles. The molecule has 0 heterocycles. The van der Waals surface area contributed by atoms with E-state index in [1.807, 2.05) is 26.0 Å². The Labute approximate surface area is 99.3 Å². The minimum Gasteiger partial charge on any atom is -0.501 e. The molecular formula is C14H24O2. The fraction of sp³-hybridized carbons (Fsp3) is 0.714. The van der Waals surface area contributed by atoms with Crippen LogP contribution in [0.2, 0.25) is 0 Å². The Morgan fingerprint density at radius 1 is 0.875 bits per heavy atom. The van der Waals surface area contributed by atoms with Crippen LogP contribution in [-0.2, 0) is 9.47 Å². The van der Waals surface area contributed by atoms with Crippen LogP contribution in [0.25, 0.3) is 0 Å². The predicted molar refractivity (Wildman–Crippen MR) is 67.1 cm³/mol. The smallest absolute Gasteiger partial charge is 0.0961 e. The van der Waals surface area contributed by atoms with E-state index in [0.717, 1.165) is 13.2 Å². The molecule has 2 heteroatoms. The quantitative estimate of drug-likeness (QED) is 0.634. The van der Waals surface area contributed by atoms with Crippen molar-refractivity contribution in [2.45, 2.75) is 46.0 Å². The standard InChI is InChI=1S/C14H24O2/c1-3-10-15-12-14(13-16-11-4-2)8-6-5-7-9-14/h3-4,10-11H,5-9,12-13H2,1-2H3. The maximum absolute atomic E-state index is 5.57. The second kappa shape index (κ2) is 7.37. The molecule has 1 aliphatic rings. The molecule has 0 spiro atoms. The molecular weight excluding hydrogens is 200 g/mol. The first-order valence-electron chi connectivity index (χ1n) is 6.28. The van der Waals surface area contributed by atoms with Gasteiger partial charge in [0.1, 0.15) is 0 Å². The molecule has 92 valence electrons. The van der Waals surface area contributed by atoms with Crippen LogP contribution in [0.4, 0.5) is 0 Å². The summed E-state index contributed by atoms with van der Waals surface area (Å²) < 4.78 is 11.1. The highest BCUT2D eigenvalue weighted by atomic mass is 16.5. The summed E-state index contributed by atoms with van der Waals surface area (Å²) in [6.45, 7) is 5.53. The van der Waals surface area contributed by atoms with Crippen molar-refractivity contribution < 1.29 is 9.47 Å². The zero-order chi connectivity index (χ0) is 11.7. The van der Waals surface area contributed by atoms with Crippen LogP contribution in [0, 0.1) is 5.41 Å². The molecule has 0 amide bonds. The zero-order valence-corrected chi connectivity index (χ0v) is 10.6. The third-order valence-corrected chi connectivity index (χ3v) is 3.16. The van der Waals surface area contributed by atoms with Crippen molar-refractivity contribution in [1.82, 2.24) is 0 Å². The van der Waals surface area contributed by atoms with Gasteiger partial charge in [-0.1, -0.05) is 31.4 Å². The molecule has 0 aromatic heterocycles. The average molecular weight is 224 g/mol. The van der Waals surface area contributed by atoms with E-state index in [2.05, 4.69) is 0 Å². The summed E-state index contributed by atoms with van der Waals surface area (Å²) in [7, 11) is 0. The molecule has 16 heavy (non-hydrogen) atoms. The second-order valence-electron chi connectivity index (χ2n) is 4.62. The van der Waals surface area contributed by atoms with Crippen LogP contribution in [0.15, 0.2) is 24.7 Å². The van der Waals surface area contributed by atoms with E-state index in [9.17, 15) is 0 Å². The van der Waals surface area contributed by atoms with Crippen LogP contribution in [0.3, 0.4) is 0 Å². The van der Waals surface area contributed by atoms with E-state index in [-0.39, 0.29) is 5.41 Å². The summed E-state index contributed by atoms with van der Waals surface area (Å²) in [5.74, 6) is 0. The van der Waals surface area contributed by atoms with Crippen molar-refractivity contribution in [3.8, 4) is 0 Å². The maximum atomic E-state index is 5.57. The molecule has 0 aromatic rings. The Morgan fingerprint density at radius 3 is 1.81 bits per heavy atom. The van der Waals surface area contributed by atoms with Crippen molar-refractivity contribution >= 4 is 0 Å². The largest absolute Gasteiger partial charge is 0.501 e. The van der Waals surface area contributed by atoms with Crippen molar-refractivity contribution in [1.29, 1.82) is 0 Å². The highest BCUT2D eigenvalue weighted by molar-refractivity contribution is 4.85. The lowest BCUT2D eigenvalue weighted by atomic mass is 9.75. The van der Waals surface area contributed by atoms with Gasteiger partial charge in [0, 0.05) is 5.41 Å². The Bertz CT molecular complexity index is 207. The normalized spacial score (nSPS) is 20.4. The Balaban J connectivity index is 2.45. The maximum Gasteiger partial charge on any atom is 0.0961 e. The molecule has 1 aliphatic carbocycles. The molecule has 0 aliphatic heterocycles. The third kappa shape index (κ3) is 4.30. The van der Waals surface area contributed by atoms with Crippen LogP contribution in [0.1, 0.15) is 46.0 Å². The van der Waals surface area contributed by atoms with Crippen molar-refractivity contribution in [2.24, 2.45) is 5.41 Å². The highest BCUT2D eigenvalue weighted by Gasteiger charge is 2.33. The SMILES string of the molecule is CC=COCC1(COC=CC)CCCCC1. The van der Waals surface area contributed by atoms with E-state index in [4.69, 9.17) is 9.47 Å². The molecule has 0 bridgehead atoms. The number of ether oxygens (including phenoxy) is 2. The van der Waals surface area contributed by atoms with Crippen molar-refractivity contribution in [2.75, 3.05) is 13.2 Å². The van der Waals surface area contributed by atoms with Gasteiger partial charge in [-0.2, -0.15) is 0 Å². The Hall–Kier alpha value is -0.920. The van der Waals surface area contributed by atoms with Gasteiger partial charge in [0.25, 0.3) is 0 Å². The lowest BCUT2D eigenvalue weighted by molar-refractivity contribution is 0.0101. The van der Waals surface area contributed by atoms with Crippen molar-refractivity contribution in [3.63, 3.8) is 0 Å². The monoisotopic (exact) mass is 224 g/mol. The second-order valence-corrected chi connectivity index (χ2v) is 4.62. The van der Waals surface area contributed by atoms with Gasteiger partial charge in [0.15, 0.2) is 0 Å². The molecule has 1 fully saturated rings. The van der Waals surface area contributed by atoms with Gasteiger partial charge in [-0.15, -0.1) is 0 Å². The van der Waals surface area contributed by atoms with E-state index in [1.165, 1.54) is 32.1 Å². The summed E-state index contributed by atoms with van der Waals surface area (Å²) in [5.41, 5.74) is 0.233. The summed E-state index contributed by atoms with van der Waals surface area (Å²) in [6.07, 6.45) is 13.8. The summed E-state index contributed by atoms with van der Waals surface area (Å²) >= 11 is 0. The van der Waals surface area contributed by atoms with Crippen LogP contribution < -0.4 is 0 Å². The van der Waals surface area contributed by atoms with E-state index in [1.54, 1.807) is 12.5 Å². The molecule has 1 rings (SSSR count). The fourth-order valence-electron chi connectivity index (χ4n) is 2.27. The molecule has 1 saturated carbocycles. The topological polar surface area (TPSA) is 18.5 Å². The van der Waals surface area contributed by atoms with Gasteiger partial charge in [0.05, 0.1) is 25.7 Å². The van der Waals surface area contributed by atoms with Crippen LogP contribution in [0.5, 0.6) is 0 Å². The first-order chi connectivity index (χ1) is 7.83. The zero-order valence-electron chi connectivity index (χ0n) is 10.6. The van der Waals surface area contributed by atoms with Crippen molar-refractivity contribution in [3.05, 3.63) is 24.7 Å². The Morgan fingerprint density at radius 2 is 1.38 bits per heavy atom. The first kappa shape index (κ1) is 13.1. The van der Waals surface area contributed by atoms with E-state index in [0.29, 0.717) is 0 Å². The highest BCUT2D eigenvalue weighted by Crippen LogP contribution is 2.37. The summed E-state index contributed by atoms with van der Waals surface area (Å²) in [6, 6.07) is 0. The number of allylic oxidation sites excluding steroid dienone is 2. The summed E-state index contributed by atoms with van der Waals surface area (Å²) in [4.78, 5) is 0. The average Bonchev–Trinajstić information content (AvgIpc) is 2.31. The fourth-order valence-corrected chi connectivity index (χ4v) is 2.27. The molecule has 0 unspecified atom stereocenters. The number of hydrogen-bond donors (Lipinski definition) is 0. The first-order valence-corrected chi connectivity index (χ1v) is 6.28. The van der Waals surface area contributed by atoms with Gasteiger partial charge in [-0.3, -0.25) is 0 Å². The van der Waals surface area contributed by atoms with E-state index < -0.39 is 0 Å². The van der Waals surface area contributed by atoms with E-state index >= 15 is 0 Å². The van der Waals surface area contributed by atoms with Gasteiger partial charge < -0.3 is 9.47 Å². The van der Waals surface area contributed by atoms with Crippen LogP contribution in [-0.4, -0.2) is 13.2 Å². The lowest BCUT2D eigenvalue weighted by Gasteiger charge is -2.35. The molecule has 2 nitrogen and oxygen atoms in total. The Kier molecular flexibility index (Phi) is 6.05. The third-order valence-electron chi connectivity index (χ3n) is 3.16. The molecule has 0 atom stereocenters. The minimum absolute atomic E-state index is 0.233. The molecule has 0 N–H and O–H groups in total. The number of hydrogen-bond acceptors (Lipinski definition) is 2. The molecule has 0 saturated heterocycles. The van der Waals surface area contributed by atoms with Crippen LogP contribution >= 0.6 is 0 Å². The number of rotatable bonds is 6. The predicted octanol–water partition coefficient (Wildman–Crippen LogP) is 4.04. The summed E-state index contributed by atoms with van der Waals surface area (Å²) in [5, 5.41) is 0. The van der Waals surface area contributed by atoms with Gasteiger partial charge in [0.2, 0.25) is 0 Å². The van der Waals surface area contributed by atoms with Gasteiger partial charge >= 0.3 is 0 Å². The minimum atomic E-state index is 0.233. The molecule has 0 radical (unpaired) electrons. The lowest BCUT2D eigenvalue weighted by Crippen LogP contribution is -2.33. The van der Waals surface area contributed by atoms with Gasteiger partial charge in [-0.05, 0) is 26.7 Å².